The van der Waals surface area contributed by atoms with Gasteiger partial charge in [0.25, 0.3) is 5.56 Å². The molecule has 7 rings (SSSR count). The van der Waals surface area contributed by atoms with E-state index < -0.39 is 17.2 Å². The highest BCUT2D eigenvalue weighted by Crippen LogP contribution is 2.44. The van der Waals surface area contributed by atoms with Gasteiger partial charge in [-0.1, -0.05) is 26.5 Å². The number of H-pyrrole nitrogens is 1. The number of nitrogens with zero attached hydrogens (tertiary/aromatic N) is 5. The van der Waals surface area contributed by atoms with Crippen LogP contribution in [0.15, 0.2) is 54.1 Å². The van der Waals surface area contributed by atoms with Gasteiger partial charge in [-0.3, -0.25) is 24.2 Å². The van der Waals surface area contributed by atoms with Crippen molar-refractivity contribution in [3.63, 3.8) is 0 Å². The largest absolute Gasteiger partial charge is 0.377 e. The number of aromatic amines is 1. The lowest BCUT2D eigenvalue weighted by molar-refractivity contribution is -0.128. The van der Waals surface area contributed by atoms with Crippen molar-refractivity contribution in [2.24, 2.45) is 0 Å². The number of carbonyl (C=O) groups excluding carboxylic acids is 1. The lowest BCUT2D eigenvalue weighted by atomic mass is 9.93. The van der Waals surface area contributed by atoms with Crippen LogP contribution in [0.3, 0.4) is 0 Å². The zero-order chi connectivity index (χ0) is 32.6. The molecule has 46 heavy (non-hydrogen) atoms. The van der Waals surface area contributed by atoms with Crippen LogP contribution in [0.5, 0.6) is 0 Å². The van der Waals surface area contributed by atoms with Gasteiger partial charge < -0.3 is 15.1 Å². The normalized spacial score (nSPS) is 17.7. The molecule has 3 aromatic heterocycles. The molecule has 236 valence electrons. The molecule has 0 bridgehead atoms. The van der Waals surface area contributed by atoms with E-state index >= 15 is 8.78 Å². The van der Waals surface area contributed by atoms with Gasteiger partial charge in [0.15, 0.2) is 5.82 Å². The average molecular weight is 624 g/mol. The van der Waals surface area contributed by atoms with Gasteiger partial charge >= 0.3 is 0 Å². The number of amides is 1. The number of benzene rings is 2. The molecule has 1 saturated heterocycles. The molecule has 9 nitrogen and oxygen atoms in total. The minimum absolute atomic E-state index is 0.0299. The first-order valence-corrected chi connectivity index (χ1v) is 15.5. The summed E-state index contributed by atoms with van der Waals surface area (Å²) in [6.07, 6.45) is 4.53. The summed E-state index contributed by atoms with van der Waals surface area (Å²) in [5.41, 5.74) is 3.49. The Bertz CT molecular complexity index is 2150. The van der Waals surface area contributed by atoms with E-state index in [2.05, 4.69) is 27.1 Å². The van der Waals surface area contributed by atoms with E-state index in [1.807, 2.05) is 38.7 Å². The Morgan fingerprint density at radius 1 is 1.09 bits per heavy atom. The summed E-state index contributed by atoms with van der Waals surface area (Å²) in [6.45, 7) is 14.3. The number of anilines is 2. The fraction of sp³-hybridized carbons (Fsp3) is 0.314. The lowest BCUT2D eigenvalue weighted by Crippen LogP contribution is -2.62. The Labute approximate surface area is 264 Å². The van der Waals surface area contributed by atoms with Crippen LogP contribution in [0.25, 0.3) is 38.6 Å². The van der Waals surface area contributed by atoms with Crippen LogP contribution in [0.2, 0.25) is 0 Å². The number of hydrogen-bond acceptors (Lipinski definition) is 6. The van der Waals surface area contributed by atoms with Crippen molar-refractivity contribution in [2.45, 2.75) is 52.6 Å². The van der Waals surface area contributed by atoms with Gasteiger partial charge in [-0.25, -0.2) is 8.78 Å². The number of fused-ring (bicyclic) bond motifs is 6. The summed E-state index contributed by atoms with van der Waals surface area (Å²) in [5, 5.41) is 11.1. The van der Waals surface area contributed by atoms with Crippen LogP contribution in [0.4, 0.5) is 20.2 Å². The van der Waals surface area contributed by atoms with Crippen molar-refractivity contribution in [3.05, 3.63) is 88.1 Å². The molecular weight excluding hydrogens is 588 g/mol. The molecule has 2 aliphatic heterocycles. The first kappa shape index (κ1) is 29.6. The monoisotopic (exact) mass is 623 g/mol. The summed E-state index contributed by atoms with van der Waals surface area (Å²) in [4.78, 5) is 35.8. The minimum atomic E-state index is -0.847. The number of carbonyl (C=O) groups is 1. The van der Waals surface area contributed by atoms with Crippen LogP contribution in [-0.2, 0) is 4.79 Å². The molecule has 1 fully saturated rings. The highest BCUT2D eigenvalue weighted by Gasteiger charge is 2.40. The van der Waals surface area contributed by atoms with Crippen molar-refractivity contribution in [2.75, 3.05) is 29.9 Å². The van der Waals surface area contributed by atoms with E-state index in [0.717, 1.165) is 5.56 Å². The van der Waals surface area contributed by atoms with Crippen LogP contribution in [0, 0.1) is 25.5 Å². The summed E-state index contributed by atoms with van der Waals surface area (Å²) in [6, 6.07) is 6.29. The van der Waals surface area contributed by atoms with Crippen molar-refractivity contribution in [1.82, 2.24) is 24.6 Å². The Balaban J connectivity index is 1.61. The topological polar surface area (TPSA) is 99.1 Å². The highest BCUT2D eigenvalue weighted by molar-refractivity contribution is 6.05. The number of aromatic nitrogens is 4. The molecule has 5 heterocycles. The summed E-state index contributed by atoms with van der Waals surface area (Å²) < 4.78 is 35.5. The Kier molecular flexibility index (Phi) is 6.95. The summed E-state index contributed by atoms with van der Waals surface area (Å²) in [7, 11) is 0. The number of nitrogens with one attached hydrogen (secondary N) is 2. The van der Waals surface area contributed by atoms with Crippen molar-refractivity contribution in [1.29, 1.82) is 0 Å². The van der Waals surface area contributed by atoms with Gasteiger partial charge in [0.1, 0.15) is 11.5 Å². The molecular formula is C35H35F2N7O2. The molecule has 0 spiro atoms. The Hall–Kier alpha value is -5.06. The smallest absolute Gasteiger partial charge is 0.281 e. The maximum atomic E-state index is 17.6. The van der Waals surface area contributed by atoms with E-state index in [-0.39, 0.29) is 46.1 Å². The van der Waals surface area contributed by atoms with E-state index in [0.29, 0.717) is 58.7 Å². The number of halogens is 2. The predicted molar refractivity (Wildman–Crippen MR) is 177 cm³/mol. The third-order valence-electron chi connectivity index (χ3n) is 9.43. The minimum Gasteiger partial charge on any atom is -0.377 e. The number of pyridine rings is 2. The fourth-order valence-electron chi connectivity index (χ4n) is 7.23. The SMILES string of the molecule is C=CC(=O)N1CC2CNc3c(c4cc(F)c(-c5c(C)ccc6[nH]ncc56)c(F)c4n(-c4c(C)ccnc4C(C)C)c3=O)N2CC1C. The summed E-state index contributed by atoms with van der Waals surface area (Å²) in [5.74, 6) is -1.87. The fourth-order valence-corrected chi connectivity index (χ4v) is 7.23. The standard InChI is InChI=1S/C35H35F2N7O2/c1-7-26(45)42-16-21-13-39-31-34(43(21)15-20(42)6)22-12-24(36)28(27-18(4)8-9-25-23(27)14-40-41-25)29(37)33(22)44(35(31)46)32-19(5)10-11-38-30(32)17(2)3/h7-12,14,17,20-21,39H,1,13,15-16H2,2-6H3,(H,40,41). The first-order valence-electron chi connectivity index (χ1n) is 15.5. The van der Waals surface area contributed by atoms with Crippen LogP contribution in [0.1, 0.15) is 43.5 Å². The van der Waals surface area contributed by atoms with Crippen LogP contribution < -0.4 is 15.8 Å². The number of piperazine rings is 1. The molecule has 2 aromatic carbocycles. The molecule has 2 unspecified atom stereocenters. The Morgan fingerprint density at radius 3 is 2.61 bits per heavy atom. The zero-order valence-corrected chi connectivity index (χ0v) is 26.4. The molecule has 1 amide bonds. The number of aryl methyl sites for hydroxylation is 2. The van der Waals surface area contributed by atoms with Gasteiger partial charge in [0.2, 0.25) is 5.91 Å². The molecule has 11 heteroatoms. The molecule has 0 aliphatic carbocycles. The van der Waals surface area contributed by atoms with Crippen LogP contribution in [-0.4, -0.2) is 62.3 Å². The van der Waals surface area contributed by atoms with Gasteiger partial charge in [-0.15, -0.1) is 0 Å². The molecule has 2 aliphatic rings. The van der Waals surface area contributed by atoms with E-state index in [1.165, 1.54) is 16.7 Å². The molecule has 0 radical (unpaired) electrons. The van der Waals surface area contributed by atoms with Gasteiger partial charge in [-0.05, 0) is 62.1 Å². The second kappa shape index (κ2) is 10.8. The maximum absolute atomic E-state index is 17.6. The second-order valence-electron chi connectivity index (χ2n) is 12.6. The summed E-state index contributed by atoms with van der Waals surface area (Å²) >= 11 is 0. The van der Waals surface area contributed by atoms with E-state index in [9.17, 15) is 9.59 Å². The first-order chi connectivity index (χ1) is 22.0. The van der Waals surface area contributed by atoms with Crippen LogP contribution >= 0.6 is 0 Å². The van der Waals surface area contributed by atoms with Crippen molar-refractivity contribution < 1.29 is 13.6 Å². The molecule has 2 N–H and O–H groups in total. The third-order valence-corrected chi connectivity index (χ3v) is 9.43. The van der Waals surface area contributed by atoms with Crippen molar-refractivity contribution in [3.8, 4) is 16.8 Å². The Morgan fingerprint density at radius 2 is 1.87 bits per heavy atom. The van der Waals surface area contributed by atoms with Gasteiger partial charge in [-0.2, -0.15) is 5.10 Å². The van der Waals surface area contributed by atoms with E-state index in [4.69, 9.17) is 0 Å². The highest BCUT2D eigenvalue weighted by atomic mass is 19.1. The molecule has 0 saturated carbocycles. The number of rotatable bonds is 4. The maximum Gasteiger partial charge on any atom is 0.281 e. The molecule has 5 aromatic rings. The zero-order valence-electron chi connectivity index (χ0n) is 26.4. The second-order valence-corrected chi connectivity index (χ2v) is 12.6. The average Bonchev–Trinajstić information content (AvgIpc) is 3.51. The van der Waals surface area contributed by atoms with Crippen molar-refractivity contribution >= 4 is 39.1 Å². The third kappa shape index (κ3) is 4.24. The quantitative estimate of drug-likeness (QED) is 0.240. The van der Waals surface area contributed by atoms with Gasteiger partial charge in [0.05, 0.1) is 45.9 Å². The number of hydrogen-bond donors (Lipinski definition) is 2. The lowest BCUT2D eigenvalue weighted by Gasteiger charge is -2.49. The molecule has 2 atom stereocenters. The predicted octanol–water partition coefficient (Wildman–Crippen LogP) is 5.96. The van der Waals surface area contributed by atoms with E-state index in [1.54, 1.807) is 36.4 Å². The van der Waals surface area contributed by atoms with Gasteiger partial charge in [0, 0.05) is 48.2 Å².